The molecule has 1 N–H and O–H groups in total. The molecular weight excluding hydrogens is 184 g/mol. The van der Waals surface area contributed by atoms with E-state index in [0.29, 0.717) is 0 Å². The molecule has 0 aromatic heterocycles. The van der Waals surface area contributed by atoms with Crippen LogP contribution in [0.15, 0.2) is 24.3 Å². The number of esters is 1. The van der Waals surface area contributed by atoms with Crippen LogP contribution in [0.1, 0.15) is 19.3 Å². The highest BCUT2D eigenvalue weighted by Gasteiger charge is 2.22. The maximum absolute atomic E-state index is 11.2. The molecule has 0 saturated heterocycles. The Hall–Kier alpha value is -1.58. The summed E-state index contributed by atoms with van der Waals surface area (Å²) < 4.78 is 5.00. The summed E-state index contributed by atoms with van der Waals surface area (Å²) in [6.45, 7) is 3.41. The third kappa shape index (κ3) is 3.05. The molecule has 0 bridgehead atoms. The maximum Gasteiger partial charge on any atom is 0.337 e. The van der Waals surface area contributed by atoms with Crippen LogP contribution in [0.3, 0.4) is 0 Å². The number of carbonyl (C=O) groups is 2. The summed E-state index contributed by atoms with van der Waals surface area (Å²) in [5, 5.41) is 8.30. The summed E-state index contributed by atoms with van der Waals surface area (Å²) in [7, 11) is 0. The van der Waals surface area contributed by atoms with E-state index >= 15 is 0 Å². The van der Waals surface area contributed by atoms with E-state index in [9.17, 15) is 9.59 Å². The van der Waals surface area contributed by atoms with Gasteiger partial charge in [0.05, 0.1) is 5.57 Å². The average molecular weight is 196 g/mol. The lowest BCUT2D eigenvalue weighted by molar-refractivity contribution is -0.147. The van der Waals surface area contributed by atoms with Crippen molar-refractivity contribution in [2.24, 2.45) is 0 Å². The van der Waals surface area contributed by atoms with E-state index in [2.05, 4.69) is 6.58 Å². The monoisotopic (exact) mass is 196 g/mol. The summed E-state index contributed by atoms with van der Waals surface area (Å²) in [6, 6.07) is 0. The fourth-order valence-corrected chi connectivity index (χ4v) is 0.956. The Morgan fingerprint density at radius 2 is 2.00 bits per heavy atom. The average Bonchev–Trinajstić information content (AvgIpc) is 2.06. The summed E-state index contributed by atoms with van der Waals surface area (Å²) in [4.78, 5) is 21.3. The minimum Gasteiger partial charge on any atom is -0.478 e. The molecule has 0 radical (unpaired) electrons. The largest absolute Gasteiger partial charge is 0.478 e. The molecule has 4 heteroatoms. The molecule has 4 nitrogen and oxygen atoms in total. The van der Waals surface area contributed by atoms with Gasteiger partial charge in [0.25, 0.3) is 0 Å². The summed E-state index contributed by atoms with van der Waals surface area (Å²) in [6.07, 6.45) is 4.87. The lowest BCUT2D eigenvalue weighted by atomic mass is 9.96. The third-order valence-electron chi connectivity index (χ3n) is 2.02. The van der Waals surface area contributed by atoms with Gasteiger partial charge >= 0.3 is 11.9 Å². The molecule has 0 unspecified atom stereocenters. The molecule has 0 aromatic carbocycles. The second kappa shape index (κ2) is 4.60. The molecule has 0 spiro atoms. The van der Waals surface area contributed by atoms with Crippen LogP contribution in [0.2, 0.25) is 0 Å². The fourth-order valence-electron chi connectivity index (χ4n) is 0.956. The molecule has 0 aromatic rings. The number of hydrogen-bond donors (Lipinski definition) is 1. The van der Waals surface area contributed by atoms with Gasteiger partial charge in [0, 0.05) is 6.08 Å². The molecule has 14 heavy (non-hydrogen) atoms. The highest BCUT2D eigenvalue weighted by atomic mass is 16.5. The number of rotatable bonds is 4. The number of carboxylic acid groups (broad SMARTS) is 1. The third-order valence-corrected chi connectivity index (χ3v) is 2.02. The van der Waals surface area contributed by atoms with Crippen LogP contribution in [0.5, 0.6) is 0 Å². The van der Waals surface area contributed by atoms with Crippen LogP contribution >= 0.6 is 0 Å². The van der Waals surface area contributed by atoms with E-state index in [1.165, 1.54) is 0 Å². The van der Waals surface area contributed by atoms with Gasteiger partial charge in [0.1, 0.15) is 6.10 Å². The first kappa shape index (κ1) is 10.5. The van der Waals surface area contributed by atoms with E-state index in [-0.39, 0.29) is 11.7 Å². The van der Waals surface area contributed by atoms with Crippen LogP contribution in [-0.4, -0.2) is 23.1 Å². The zero-order valence-corrected chi connectivity index (χ0v) is 7.73. The molecule has 1 aliphatic carbocycles. The lowest BCUT2D eigenvalue weighted by Crippen LogP contribution is -2.25. The normalized spacial score (nSPS) is 16.3. The van der Waals surface area contributed by atoms with E-state index in [0.717, 1.165) is 31.4 Å². The highest BCUT2D eigenvalue weighted by Crippen LogP contribution is 2.22. The molecule has 1 fully saturated rings. The molecule has 0 atom stereocenters. The van der Waals surface area contributed by atoms with Gasteiger partial charge in [0.2, 0.25) is 0 Å². The van der Waals surface area contributed by atoms with Gasteiger partial charge in [-0.3, -0.25) is 0 Å². The number of carbonyl (C=O) groups excluding carboxylic acids is 1. The van der Waals surface area contributed by atoms with Gasteiger partial charge in [-0.05, 0) is 25.3 Å². The summed E-state index contributed by atoms with van der Waals surface area (Å²) >= 11 is 0. The second-order valence-corrected chi connectivity index (χ2v) is 3.16. The van der Waals surface area contributed by atoms with Crippen LogP contribution in [0, 0.1) is 0 Å². The smallest absolute Gasteiger partial charge is 0.337 e. The van der Waals surface area contributed by atoms with Gasteiger partial charge in [-0.1, -0.05) is 6.58 Å². The predicted octanol–water partition coefficient (Wildman–Crippen LogP) is 1.28. The molecule has 0 heterocycles. The van der Waals surface area contributed by atoms with Crippen molar-refractivity contribution in [3.05, 3.63) is 24.3 Å². The van der Waals surface area contributed by atoms with Crippen molar-refractivity contribution in [3.63, 3.8) is 0 Å². The fraction of sp³-hybridized carbons (Fsp3) is 0.400. The van der Waals surface area contributed by atoms with Crippen LogP contribution in [0.25, 0.3) is 0 Å². The minimum atomic E-state index is -1.11. The van der Waals surface area contributed by atoms with Crippen LogP contribution < -0.4 is 0 Å². The van der Waals surface area contributed by atoms with Crippen molar-refractivity contribution in [2.75, 3.05) is 0 Å². The Labute approximate surface area is 81.9 Å². The highest BCUT2D eigenvalue weighted by molar-refractivity contribution is 5.93. The Balaban J connectivity index is 2.35. The van der Waals surface area contributed by atoms with Crippen molar-refractivity contribution in [1.82, 2.24) is 0 Å². The number of carboxylic acids is 1. The van der Waals surface area contributed by atoms with Gasteiger partial charge in [0.15, 0.2) is 0 Å². The Kier molecular flexibility index (Phi) is 3.45. The zero-order chi connectivity index (χ0) is 10.6. The first-order valence-electron chi connectivity index (χ1n) is 4.40. The predicted molar refractivity (Wildman–Crippen MR) is 49.6 cm³/mol. The quantitative estimate of drug-likeness (QED) is 0.418. The standard InChI is InChI=1S/C10H12O4/c1-7(5-6-9(11)12)10(13)14-8-3-2-4-8/h5-6,8H,1-4H2,(H,11,12). The molecule has 0 aliphatic heterocycles. The zero-order valence-electron chi connectivity index (χ0n) is 7.73. The Morgan fingerprint density at radius 1 is 1.36 bits per heavy atom. The summed E-state index contributed by atoms with van der Waals surface area (Å²) in [5.74, 6) is -1.64. The molecule has 1 saturated carbocycles. The van der Waals surface area contributed by atoms with Crippen molar-refractivity contribution < 1.29 is 19.4 Å². The van der Waals surface area contributed by atoms with Gasteiger partial charge in [-0.15, -0.1) is 0 Å². The van der Waals surface area contributed by atoms with E-state index in [1.54, 1.807) is 0 Å². The topological polar surface area (TPSA) is 63.6 Å². The van der Waals surface area contributed by atoms with Crippen LogP contribution in [0.4, 0.5) is 0 Å². The molecule has 1 rings (SSSR count). The summed E-state index contributed by atoms with van der Waals surface area (Å²) in [5.41, 5.74) is 0.0688. The minimum absolute atomic E-state index is 0.00234. The molecule has 1 aliphatic rings. The first-order valence-corrected chi connectivity index (χ1v) is 4.40. The van der Waals surface area contributed by atoms with Crippen LogP contribution in [-0.2, 0) is 14.3 Å². The SMILES string of the molecule is C=C(C=CC(=O)O)C(=O)OC1CCC1. The molecule has 76 valence electrons. The van der Waals surface area contributed by atoms with E-state index in [4.69, 9.17) is 9.84 Å². The first-order chi connectivity index (χ1) is 6.59. The van der Waals surface area contributed by atoms with Crippen molar-refractivity contribution in [3.8, 4) is 0 Å². The molecule has 0 amide bonds. The Morgan fingerprint density at radius 3 is 2.43 bits per heavy atom. The van der Waals surface area contributed by atoms with Crippen molar-refractivity contribution >= 4 is 11.9 Å². The van der Waals surface area contributed by atoms with Crippen molar-refractivity contribution in [1.29, 1.82) is 0 Å². The number of hydrogen-bond acceptors (Lipinski definition) is 3. The number of aliphatic carboxylic acids is 1. The maximum atomic E-state index is 11.2. The van der Waals surface area contributed by atoms with E-state index in [1.807, 2.05) is 0 Å². The van der Waals surface area contributed by atoms with Gasteiger partial charge < -0.3 is 9.84 Å². The Bertz CT molecular complexity index is 286. The van der Waals surface area contributed by atoms with E-state index < -0.39 is 11.9 Å². The lowest BCUT2D eigenvalue weighted by Gasteiger charge is -2.25. The van der Waals surface area contributed by atoms with Crippen molar-refractivity contribution in [2.45, 2.75) is 25.4 Å². The second-order valence-electron chi connectivity index (χ2n) is 3.16. The number of ether oxygens (including phenoxy) is 1. The van der Waals surface area contributed by atoms with Gasteiger partial charge in [-0.2, -0.15) is 0 Å². The molecular formula is C10H12O4. The van der Waals surface area contributed by atoms with Gasteiger partial charge in [-0.25, -0.2) is 9.59 Å².